The van der Waals surface area contributed by atoms with Crippen LogP contribution < -0.4 is 10.0 Å². The number of nitrogens with zero attached hydrogens (tertiary/aromatic N) is 2. The van der Waals surface area contributed by atoms with E-state index in [4.69, 9.17) is 0 Å². The quantitative estimate of drug-likeness (QED) is 0.457. The van der Waals surface area contributed by atoms with E-state index < -0.39 is 11.6 Å². The lowest BCUT2D eigenvalue weighted by Gasteiger charge is -2.31. The number of thiazole rings is 1. The monoisotopic (exact) mass is 436 g/mol. The van der Waals surface area contributed by atoms with Crippen LogP contribution >= 0.6 is 23.3 Å². The van der Waals surface area contributed by atoms with E-state index >= 15 is 0 Å². The summed E-state index contributed by atoms with van der Waals surface area (Å²) in [6, 6.07) is 7.15. The molecule has 9 heteroatoms. The SMILES string of the molecule is Fc1cc(SNc2cscn2)c(F)cc1NCc1c(F)cccc1CN1CCC1. The molecule has 0 unspecified atom stereocenters. The van der Waals surface area contributed by atoms with Gasteiger partial charge in [-0.1, -0.05) is 12.1 Å². The van der Waals surface area contributed by atoms with Crippen molar-refractivity contribution in [1.82, 2.24) is 9.88 Å². The fraction of sp³-hybridized carbons (Fsp3) is 0.250. The van der Waals surface area contributed by atoms with Crippen LogP contribution in [0.1, 0.15) is 17.5 Å². The zero-order valence-corrected chi connectivity index (χ0v) is 17.1. The lowest BCUT2D eigenvalue weighted by molar-refractivity contribution is 0.172. The Balaban J connectivity index is 1.45. The largest absolute Gasteiger partial charge is 0.378 e. The molecule has 1 fully saturated rings. The smallest absolute Gasteiger partial charge is 0.147 e. The summed E-state index contributed by atoms with van der Waals surface area (Å²) in [5.41, 5.74) is 2.98. The second-order valence-corrected chi connectivity index (χ2v) is 8.27. The van der Waals surface area contributed by atoms with Gasteiger partial charge in [-0.05, 0) is 49.2 Å². The van der Waals surface area contributed by atoms with Gasteiger partial charge >= 0.3 is 0 Å². The minimum absolute atomic E-state index is 0.00124. The molecule has 1 aliphatic rings. The van der Waals surface area contributed by atoms with Crippen LogP contribution in [0.3, 0.4) is 0 Å². The average molecular weight is 437 g/mol. The summed E-state index contributed by atoms with van der Waals surface area (Å²) in [5.74, 6) is -0.946. The van der Waals surface area contributed by atoms with Crippen molar-refractivity contribution >= 4 is 34.8 Å². The molecular formula is C20H19F3N4S2. The van der Waals surface area contributed by atoms with E-state index in [-0.39, 0.29) is 22.9 Å². The average Bonchev–Trinajstić information content (AvgIpc) is 3.18. The summed E-state index contributed by atoms with van der Waals surface area (Å²) >= 11 is 2.35. The van der Waals surface area contributed by atoms with Gasteiger partial charge in [0.25, 0.3) is 0 Å². The van der Waals surface area contributed by atoms with Crippen LogP contribution in [0.4, 0.5) is 24.7 Å². The lowest BCUT2D eigenvalue weighted by Crippen LogP contribution is -2.36. The first kappa shape index (κ1) is 20.1. The first-order chi connectivity index (χ1) is 14.1. The van der Waals surface area contributed by atoms with Crippen molar-refractivity contribution in [3.63, 3.8) is 0 Å². The number of hydrogen-bond acceptors (Lipinski definition) is 6. The summed E-state index contributed by atoms with van der Waals surface area (Å²) in [6.45, 7) is 2.73. The highest BCUT2D eigenvalue weighted by molar-refractivity contribution is 8.00. The molecule has 0 amide bonds. The third-order valence-electron chi connectivity index (χ3n) is 4.73. The number of anilines is 2. The molecule has 0 atom stereocenters. The predicted octanol–water partition coefficient (Wildman–Crippen LogP) is 5.50. The van der Waals surface area contributed by atoms with Crippen molar-refractivity contribution in [3.05, 3.63) is 69.8 Å². The van der Waals surface area contributed by atoms with E-state index in [1.807, 2.05) is 6.07 Å². The van der Waals surface area contributed by atoms with E-state index in [0.29, 0.717) is 17.9 Å². The molecule has 1 aliphatic heterocycles. The topological polar surface area (TPSA) is 40.2 Å². The Labute approximate surface area is 175 Å². The number of likely N-dealkylation sites (tertiary alicyclic amines) is 1. The molecule has 0 saturated carbocycles. The molecule has 0 spiro atoms. The molecule has 3 aromatic rings. The van der Waals surface area contributed by atoms with Crippen LogP contribution in [0.25, 0.3) is 0 Å². The summed E-state index contributed by atoms with van der Waals surface area (Å²) in [6.07, 6.45) is 1.15. The fourth-order valence-electron chi connectivity index (χ4n) is 3.03. The summed E-state index contributed by atoms with van der Waals surface area (Å²) in [5, 5.41) is 4.61. The Kier molecular flexibility index (Phi) is 6.27. The van der Waals surface area contributed by atoms with Crippen LogP contribution in [-0.4, -0.2) is 23.0 Å². The standard InChI is InChI=1S/C20H19F3N4S2/c21-15-4-1-3-13(10-27-5-2-6-27)14(15)9-24-18-7-17(23)19(8-16(18)22)29-26-20-11-28-12-25-20/h1,3-4,7-8,11-12,24,26H,2,5-6,9-10H2. The number of hydrogen-bond donors (Lipinski definition) is 2. The van der Waals surface area contributed by atoms with E-state index in [1.54, 1.807) is 17.0 Å². The Hall–Kier alpha value is -2.23. The summed E-state index contributed by atoms with van der Waals surface area (Å²) in [7, 11) is 0. The van der Waals surface area contributed by atoms with Gasteiger partial charge in [0.15, 0.2) is 0 Å². The van der Waals surface area contributed by atoms with E-state index in [0.717, 1.165) is 49.2 Å². The maximum atomic E-state index is 14.5. The molecule has 2 aromatic carbocycles. The summed E-state index contributed by atoms with van der Waals surface area (Å²) in [4.78, 5) is 6.37. The fourth-order valence-corrected chi connectivity index (χ4v) is 4.23. The zero-order chi connectivity index (χ0) is 20.2. The third-order valence-corrected chi connectivity index (χ3v) is 6.16. The number of aromatic nitrogens is 1. The summed E-state index contributed by atoms with van der Waals surface area (Å²) < 4.78 is 46.1. The lowest BCUT2D eigenvalue weighted by atomic mass is 10.0. The molecule has 2 heterocycles. The van der Waals surface area contributed by atoms with Crippen molar-refractivity contribution in [1.29, 1.82) is 0 Å². The molecule has 0 aliphatic carbocycles. The van der Waals surface area contributed by atoms with Gasteiger partial charge < -0.3 is 10.0 Å². The normalized spacial score (nSPS) is 13.9. The Morgan fingerprint density at radius 1 is 1.10 bits per heavy atom. The van der Waals surface area contributed by atoms with Crippen molar-refractivity contribution in [2.24, 2.45) is 0 Å². The molecule has 4 rings (SSSR count). The Morgan fingerprint density at radius 3 is 2.69 bits per heavy atom. The van der Waals surface area contributed by atoms with Crippen LogP contribution in [0.2, 0.25) is 0 Å². The van der Waals surface area contributed by atoms with Gasteiger partial charge in [0.1, 0.15) is 23.3 Å². The van der Waals surface area contributed by atoms with Gasteiger partial charge in [0.05, 0.1) is 16.1 Å². The van der Waals surface area contributed by atoms with Crippen molar-refractivity contribution in [2.75, 3.05) is 23.1 Å². The van der Waals surface area contributed by atoms with Gasteiger partial charge in [0, 0.05) is 30.1 Å². The molecule has 152 valence electrons. The van der Waals surface area contributed by atoms with E-state index in [9.17, 15) is 13.2 Å². The first-order valence-corrected chi connectivity index (χ1v) is 10.9. The molecule has 4 nitrogen and oxygen atoms in total. The highest BCUT2D eigenvalue weighted by Crippen LogP contribution is 2.29. The molecule has 1 saturated heterocycles. The molecule has 0 radical (unpaired) electrons. The maximum absolute atomic E-state index is 14.5. The van der Waals surface area contributed by atoms with Crippen LogP contribution in [0, 0.1) is 17.5 Å². The Morgan fingerprint density at radius 2 is 1.97 bits per heavy atom. The molecular weight excluding hydrogens is 417 g/mol. The molecule has 1 aromatic heterocycles. The first-order valence-electron chi connectivity index (χ1n) is 9.13. The highest BCUT2D eigenvalue weighted by Gasteiger charge is 2.18. The Bertz CT molecular complexity index is 978. The number of halogens is 3. The predicted molar refractivity (Wildman–Crippen MR) is 112 cm³/mol. The second-order valence-electron chi connectivity index (χ2n) is 6.70. The van der Waals surface area contributed by atoms with Crippen LogP contribution in [0.15, 0.2) is 46.1 Å². The number of nitrogens with one attached hydrogen (secondary N) is 2. The number of rotatable bonds is 8. The zero-order valence-electron chi connectivity index (χ0n) is 15.4. The highest BCUT2D eigenvalue weighted by atomic mass is 32.2. The minimum Gasteiger partial charge on any atom is -0.378 e. The van der Waals surface area contributed by atoms with Crippen LogP contribution in [0.5, 0.6) is 0 Å². The molecule has 0 bridgehead atoms. The van der Waals surface area contributed by atoms with Crippen molar-refractivity contribution in [2.45, 2.75) is 24.4 Å². The number of benzene rings is 2. The van der Waals surface area contributed by atoms with E-state index in [1.165, 1.54) is 17.4 Å². The van der Waals surface area contributed by atoms with Gasteiger partial charge in [-0.15, -0.1) is 11.3 Å². The van der Waals surface area contributed by atoms with Gasteiger partial charge in [-0.3, -0.25) is 4.90 Å². The van der Waals surface area contributed by atoms with Crippen molar-refractivity contribution in [3.8, 4) is 0 Å². The van der Waals surface area contributed by atoms with Gasteiger partial charge in [0.2, 0.25) is 0 Å². The second kappa shape index (κ2) is 9.06. The van der Waals surface area contributed by atoms with Gasteiger partial charge in [-0.25, -0.2) is 18.2 Å². The van der Waals surface area contributed by atoms with Crippen molar-refractivity contribution < 1.29 is 13.2 Å². The van der Waals surface area contributed by atoms with Gasteiger partial charge in [-0.2, -0.15) is 0 Å². The molecule has 29 heavy (non-hydrogen) atoms. The minimum atomic E-state index is -0.602. The third kappa shape index (κ3) is 4.85. The maximum Gasteiger partial charge on any atom is 0.147 e. The van der Waals surface area contributed by atoms with E-state index in [2.05, 4.69) is 19.9 Å². The van der Waals surface area contributed by atoms with Crippen LogP contribution in [-0.2, 0) is 13.1 Å². The molecule has 2 N–H and O–H groups in total.